The van der Waals surface area contributed by atoms with Gasteiger partial charge in [-0.2, -0.15) is 13.2 Å². The van der Waals surface area contributed by atoms with Crippen molar-refractivity contribution in [3.05, 3.63) is 70.8 Å². The van der Waals surface area contributed by atoms with Crippen molar-refractivity contribution >= 4 is 35.7 Å². The van der Waals surface area contributed by atoms with E-state index in [-0.39, 0.29) is 55.0 Å². The van der Waals surface area contributed by atoms with Crippen LogP contribution in [0, 0.1) is 0 Å². The number of rotatable bonds is 17. The number of alkyl halides is 3. The molecule has 0 unspecified atom stereocenters. The number of hydrogen-bond donors (Lipinski definition) is 7. The van der Waals surface area contributed by atoms with Crippen LogP contribution >= 0.6 is 0 Å². The van der Waals surface area contributed by atoms with Gasteiger partial charge in [-0.25, -0.2) is 4.79 Å². The number of aliphatic carboxylic acids is 1. The van der Waals surface area contributed by atoms with Crippen LogP contribution in [0.25, 0.3) is 12.2 Å². The number of benzene rings is 2. The van der Waals surface area contributed by atoms with Gasteiger partial charge in [0.05, 0.1) is 0 Å². The molecule has 8 N–H and O–H groups in total. The Morgan fingerprint density at radius 2 is 1.26 bits per heavy atom. The Balaban J connectivity index is 0.00000112. The summed E-state index contributed by atoms with van der Waals surface area (Å²) in [4.78, 5) is 49.4. The number of nitrogens with two attached hydrogens (primary N) is 1. The maximum absolute atomic E-state index is 13.4. The standard InChI is InChI=1S/C33H45N5O5.C2HF3O2/c34-13-5-16-35-14-1-2-15-36-17-6-18-37-31(41)11-12-32(42)38-23-27(19-25-7-3-9-29(39)21-25)33(43)28(24-38)20-26-8-4-10-30(40)22-26;3-2(4,5)1(6)7/h3-4,7-10,19-22,35-36,39-40H,1-2,5-6,11-18,23-24,34H2,(H,37,41);(H,6,7)/b27-19-,28-20+;. The lowest BCUT2D eigenvalue weighted by molar-refractivity contribution is -0.192. The first kappa shape index (κ1) is 41.4. The SMILES string of the molecule is NCCCNCCCCNCCCNC(=O)CCC(=O)N1C/C(=C/c2cccc(O)c2)C(=O)/C(=C/c2cccc(O)c2)C1.O=C(O)C(F)(F)F. The number of carboxylic acids is 1. The molecule has 1 saturated heterocycles. The molecule has 3 rings (SSSR count). The second-order valence-corrected chi connectivity index (χ2v) is 11.5. The number of piperidine rings is 1. The normalized spacial score (nSPS) is 14.7. The third-order valence-electron chi connectivity index (χ3n) is 7.26. The molecule has 50 heavy (non-hydrogen) atoms. The molecule has 1 fully saturated rings. The lowest BCUT2D eigenvalue weighted by Crippen LogP contribution is -2.42. The number of unbranched alkanes of at least 4 members (excludes halogenated alkanes) is 1. The minimum atomic E-state index is -5.08. The fraction of sp³-hybridized carbons (Fsp3) is 0.429. The lowest BCUT2D eigenvalue weighted by atomic mass is 9.94. The molecule has 0 bridgehead atoms. The molecule has 2 aromatic carbocycles. The second-order valence-electron chi connectivity index (χ2n) is 11.5. The molecule has 2 amide bonds. The minimum absolute atomic E-state index is 0.0242. The maximum atomic E-state index is 13.4. The molecule has 274 valence electrons. The molecule has 2 aromatic rings. The Bertz CT molecular complexity index is 1410. The Labute approximate surface area is 289 Å². The Morgan fingerprint density at radius 3 is 1.72 bits per heavy atom. The zero-order valence-electron chi connectivity index (χ0n) is 27.8. The number of nitrogens with zero attached hydrogens (tertiary/aromatic N) is 1. The number of carbonyl (C=O) groups excluding carboxylic acids is 3. The van der Waals surface area contributed by atoms with Gasteiger partial charge < -0.3 is 41.9 Å². The van der Waals surface area contributed by atoms with E-state index in [0.29, 0.717) is 35.4 Å². The van der Waals surface area contributed by atoms with Crippen LogP contribution in [0.3, 0.4) is 0 Å². The first-order valence-corrected chi connectivity index (χ1v) is 16.3. The summed E-state index contributed by atoms with van der Waals surface area (Å²) in [7, 11) is 0. The molecule has 0 aliphatic carbocycles. The van der Waals surface area contributed by atoms with Crippen LogP contribution in [0.1, 0.15) is 49.7 Å². The van der Waals surface area contributed by atoms with E-state index in [9.17, 15) is 37.8 Å². The highest BCUT2D eigenvalue weighted by Gasteiger charge is 2.38. The number of aromatic hydroxyl groups is 2. The van der Waals surface area contributed by atoms with Gasteiger partial charge in [0.2, 0.25) is 11.8 Å². The zero-order valence-corrected chi connectivity index (χ0v) is 27.8. The smallest absolute Gasteiger partial charge is 0.490 e. The van der Waals surface area contributed by atoms with E-state index in [1.807, 2.05) is 0 Å². The van der Waals surface area contributed by atoms with Gasteiger partial charge in [0.25, 0.3) is 0 Å². The van der Waals surface area contributed by atoms with Crippen molar-refractivity contribution in [1.82, 2.24) is 20.9 Å². The summed E-state index contributed by atoms with van der Waals surface area (Å²) in [6.45, 7) is 5.14. The molecule has 12 nitrogen and oxygen atoms in total. The van der Waals surface area contributed by atoms with Crippen molar-refractivity contribution in [3.63, 3.8) is 0 Å². The van der Waals surface area contributed by atoms with E-state index in [0.717, 1.165) is 51.9 Å². The number of phenols is 2. The number of phenolic OH excluding ortho intramolecular Hbond substituents is 2. The van der Waals surface area contributed by atoms with E-state index in [1.54, 1.807) is 65.6 Å². The van der Waals surface area contributed by atoms with Crippen LogP contribution in [0.4, 0.5) is 13.2 Å². The second kappa shape index (κ2) is 22.1. The van der Waals surface area contributed by atoms with Crippen molar-refractivity contribution in [1.29, 1.82) is 0 Å². The number of amides is 2. The lowest BCUT2D eigenvalue weighted by Gasteiger charge is -2.30. The predicted molar refractivity (Wildman–Crippen MR) is 183 cm³/mol. The number of nitrogens with one attached hydrogen (secondary N) is 3. The fourth-order valence-electron chi connectivity index (χ4n) is 4.73. The zero-order chi connectivity index (χ0) is 36.9. The van der Waals surface area contributed by atoms with Gasteiger partial charge in [-0.3, -0.25) is 14.4 Å². The molecule has 0 atom stereocenters. The average molecular weight is 706 g/mol. The summed E-state index contributed by atoms with van der Waals surface area (Å²) in [5, 5.41) is 36.4. The van der Waals surface area contributed by atoms with Crippen LogP contribution < -0.4 is 21.7 Å². The van der Waals surface area contributed by atoms with Crippen LogP contribution in [-0.4, -0.2) is 102 Å². The first-order chi connectivity index (χ1) is 23.8. The molecule has 15 heteroatoms. The third kappa shape index (κ3) is 16.6. The van der Waals surface area contributed by atoms with Gasteiger partial charge in [-0.15, -0.1) is 0 Å². The Hall–Kier alpha value is -4.73. The van der Waals surface area contributed by atoms with Gasteiger partial charge in [-0.1, -0.05) is 24.3 Å². The molecule has 0 radical (unpaired) electrons. The number of halogens is 3. The third-order valence-corrected chi connectivity index (χ3v) is 7.26. The number of likely N-dealkylation sites (tertiary alicyclic amines) is 1. The highest BCUT2D eigenvalue weighted by atomic mass is 19.4. The van der Waals surface area contributed by atoms with Gasteiger partial charge in [0.1, 0.15) is 11.5 Å². The minimum Gasteiger partial charge on any atom is -0.508 e. The van der Waals surface area contributed by atoms with E-state index >= 15 is 0 Å². The summed E-state index contributed by atoms with van der Waals surface area (Å²) < 4.78 is 31.7. The molecule has 1 aliphatic rings. The van der Waals surface area contributed by atoms with Crippen molar-refractivity contribution in [2.24, 2.45) is 5.73 Å². The van der Waals surface area contributed by atoms with Crippen molar-refractivity contribution in [2.75, 3.05) is 52.4 Å². The van der Waals surface area contributed by atoms with E-state index in [1.165, 1.54) is 0 Å². The Morgan fingerprint density at radius 1 is 0.780 bits per heavy atom. The number of ketones is 1. The fourth-order valence-corrected chi connectivity index (χ4v) is 4.73. The van der Waals surface area contributed by atoms with E-state index in [4.69, 9.17) is 15.6 Å². The summed E-state index contributed by atoms with van der Waals surface area (Å²) in [6, 6.07) is 13.1. The molecular formula is C35H46F3N5O7. The highest BCUT2D eigenvalue weighted by Crippen LogP contribution is 2.25. The molecule has 0 aromatic heterocycles. The van der Waals surface area contributed by atoms with Crippen LogP contribution in [0.5, 0.6) is 11.5 Å². The summed E-state index contributed by atoms with van der Waals surface area (Å²) in [5.74, 6) is -3.23. The van der Waals surface area contributed by atoms with Crippen LogP contribution in [0.15, 0.2) is 59.7 Å². The van der Waals surface area contributed by atoms with Crippen LogP contribution in [0.2, 0.25) is 0 Å². The van der Waals surface area contributed by atoms with Gasteiger partial charge in [0.15, 0.2) is 5.78 Å². The predicted octanol–water partition coefficient (Wildman–Crippen LogP) is 3.20. The summed E-state index contributed by atoms with van der Waals surface area (Å²) in [5.41, 5.74) is 7.55. The summed E-state index contributed by atoms with van der Waals surface area (Å²) in [6.07, 6.45) is 2.32. The molecule has 0 spiro atoms. The summed E-state index contributed by atoms with van der Waals surface area (Å²) >= 11 is 0. The maximum Gasteiger partial charge on any atom is 0.490 e. The molecule has 0 saturated carbocycles. The number of carboxylic acid groups (broad SMARTS) is 1. The largest absolute Gasteiger partial charge is 0.508 e. The van der Waals surface area contributed by atoms with Crippen LogP contribution in [-0.2, 0) is 19.2 Å². The molecular weight excluding hydrogens is 659 g/mol. The van der Waals surface area contributed by atoms with E-state index in [2.05, 4.69) is 16.0 Å². The quantitative estimate of drug-likeness (QED) is 0.0949. The van der Waals surface area contributed by atoms with E-state index < -0.39 is 12.1 Å². The monoisotopic (exact) mass is 705 g/mol. The van der Waals surface area contributed by atoms with Gasteiger partial charge >= 0.3 is 12.1 Å². The number of carbonyl (C=O) groups is 4. The number of Topliss-reactive ketones (excluding diaryl/α,β-unsaturated/α-hetero) is 1. The van der Waals surface area contributed by atoms with Crippen molar-refractivity contribution < 1.29 is 47.7 Å². The van der Waals surface area contributed by atoms with Gasteiger partial charge in [-0.05, 0) is 106 Å². The van der Waals surface area contributed by atoms with Gasteiger partial charge in [0, 0.05) is 43.6 Å². The average Bonchev–Trinajstić information content (AvgIpc) is 3.05. The topological polar surface area (TPSA) is 194 Å². The highest BCUT2D eigenvalue weighted by molar-refractivity contribution is 6.15. The number of hydrogen-bond acceptors (Lipinski definition) is 9. The van der Waals surface area contributed by atoms with Crippen molar-refractivity contribution in [3.8, 4) is 11.5 Å². The molecule has 1 heterocycles. The Kier molecular flexibility index (Phi) is 18.3. The molecule has 1 aliphatic heterocycles. The van der Waals surface area contributed by atoms with Crippen molar-refractivity contribution in [2.45, 2.75) is 44.7 Å². The first-order valence-electron chi connectivity index (χ1n) is 16.3.